The molecule has 102 valence electrons. The molecule has 0 aliphatic rings. The summed E-state index contributed by atoms with van der Waals surface area (Å²) < 4.78 is 0. The fourth-order valence-corrected chi connectivity index (χ4v) is 2.96. The Morgan fingerprint density at radius 1 is 1.33 bits per heavy atom. The van der Waals surface area contributed by atoms with Crippen molar-refractivity contribution < 1.29 is 0 Å². The molecular formula is C15H26N2S. The summed E-state index contributed by atoms with van der Waals surface area (Å²) in [5.41, 5.74) is 9.87. The fourth-order valence-electron chi connectivity index (χ4n) is 2.23. The summed E-state index contributed by atoms with van der Waals surface area (Å²) in [7, 11) is 2.16. The highest BCUT2D eigenvalue weighted by atomic mass is 32.2. The second-order valence-electron chi connectivity index (χ2n) is 4.78. The van der Waals surface area contributed by atoms with Crippen LogP contribution in [-0.2, 0) is 0 Å². The highest BCUT2D eigenvalue weighted by Crippen LogP contribution is 2.23. The third-order valence-electron chi connectivity index (χ3n) is 3.35. The van der Waals surface area contributed by atoms with Gasteiger partial charge in [-0.2, -0.15) is 11.8 Å². The summed E-state index contributed by atoms with van der Waals surface area (Å²) in [6.45, 7) is 7.23. The molecule has 0 aliphatic heterocycles. The van der Waals surface area contributed by atoms with Gasteiger partial charge in [-0.3, -0.25) is 0 Å². The summed E-state index contributed by atoms with van der Waals surface area (Å²) in [6, 6.07) is 7.05. The fraction of sp³-hybridized carbons (Fsp3) is 0.600. The van der Waals surface area contributed by atoms with Crippen molar-refractivity contribution in [3.05, 3.63) is 29.3 Å². The maximum absolute atomic E-state index is 5.92. The first kappa shape index (κ1) is 15.4. The lowest BCUT2D eigenvalue weighted by Gasteiger charge is -2.30. The highest BCUT2D eigenvalue weighted by molar-refractivity contribution is 7.99. The van der Waals surface area contributed by atoms with Gasteiger partial charge < -0.3 is 10.6 Å². The Morgan fingerprint density at radius 2 is 2.06 bits per heavy atom. The molecule has 2 nitrogen and oxygen atoms in total. The lowest BCUT2D eigenvalue weighted by molar-refractivity contribution is 0.622. The Morgan fingerprint density at radius 3 is 2.61 bits per heavy atom. The van der Waals surface area contributed by atoms with Gasteiger partial charge in [-0.25, -0.2) is 0 Å². The van der Waals surface area contributed by atoms with E-state index >= 15 is 0 Å². The standard InChI is InChI=1S/C15H26N2S/c1-5-18-9-8-14(11-16)17(4)15-7-6-12(2)10-13(15)3/h6-7,10,14H,5,8-9,11,16H2,1-4H3. The Labute approximate surface area is 116 Å². The van der Waals surface area contributed by atoms with Crippen molar-refractivity contribution in [2.24, 2.45) is 5.73 Å². The predicted molar refractivity (Wildman–Crippen MR) is 84.8 cm³/mol. The van der Waals surface area contributed by atoms with E-state index in [1.54, 1.807) is 0 Å². The molecule has 18 heavy (non-hydrogen) atoms. The third kappa shape index (κ3) is 4.21. The molecule has 1 aromatic rings. The van der Waals surface area contributed by atoms with Gasteiger partial charge in [-0.1, -0.05) is 24.6 Å². The molecule has 0 spiro atoms. The quantitative estimate of drug-likeness (QED) is 0.768. The van der Waals surface area contributed by atoms with Crippen molar-refractivity contribution in [1.29, 1.82) is 0 Å². The molecule has 1 atom stereocenters. The molecule has 1 unspecified atom stereocenters. The van der Waals surface area contributed by atoms with Crippen LogP contribution in [0.2, 0.25) is 0 Å². The Balaban J connectivity index is 2.73. The van der Waals surface area contributed by atoms with Crippen LogP contribution in [0.15, 0.2) is 18.2 Å². The van der Waals surface area contributed by atoms with Crippen LogP contribution in [0.5, 0.6) is 0 Å². The normalized spacial score (nSPS) is 12.5. The van der Waals surface area contributed by atoms with Crippen LogP contribution in [0.25, 0.3) is 0 Å². The average molecular weight is 266 g/mol. The minimum atomic E-state index is 0.436. The maximum Gasteiger partial charge on any atom is 0.0417 e. The number of likely N-dealkylation sites (N-methyl/N-ethyl adjacent to an activating group) is 1. The highest BCUT2D eigenvalue weighted by Gasteiger charge is 2.14. The summed E-state index contributed by atoms with van der Waals surface area (Å²) in [5, 5.41) is 0. The maximum atomic E-state index is 5.92. The summed E-state index contributed by atoms with van der Waals surface area (Å²) >= 11 is 1.99. The number of benzene rings is 1. The van der Waals surface area contributed by atoms with E-state index in [1.165, 1.54) is 28.3 Å². The first-order valence-electron chi connectivity index (χ1n) is 6.68. The predicted octanol–water partition coefficient (Wildman–Crippen LogP) is 3.21. The molecule has 0 aromatic heterocycles. The van der Waals surface area contributed by atoms with E-state index in [1.807, 2.05) is 11.8 Å². The number of aryl methyl sites for hydroxylation is 2. The number of nitrogens with zero attached hydrogens (tertiary/aromatic N) is 1. The number of hydrogen-bond acceptors (Lipinski definition) is 3. The SMILES string of the molecule is CCSCCC(CN)N(C)c1ccc(C)cc1C. The molecule has 0 bridgehead atoms. The van der Waals surface area contributed by atoms with Gasteiger partial charge in [0, 0.05) is 25.3 Å². The van der Waals surface area contributed by atoms with E-state index in [2.05, 4.69) is 50.9 Å². The van der Waals surface area contributed by atoms with E-state index in [0.717, 1.165) is 6.42 Å². The summed E-state index contributed by atoms with van der Waals surface area (Å²) in [6.07, 6.45) is 1.15. The number of hydrogen-bond donors (Lipinski definition) is 1. The van der Waals surface area contributed by atoms with E-state index in [9.17, 15) is 0 Å². The zero-order valence-corrected chi connectivity index (χ0v) is 12.9. The van der Waals surface area contributed by atoms with E-state index < -0.39 is 0 Å². The minimum absolute atomic E-state index is 0.436. The first-order chi connectivity index (χ1) is 8.60. The molecule has 0 aliphatic carbocycles. The van der Waals surface area contributed by atoms with Crippen molar-refractivity contribution in [3.8, 4) is 0 Å². The second kappa shape index (κ2) is 7.70. The summed E-state index contributed by atoms with van der Waals surface area (Å²) in [4.78, 5) is 2.34. The largest absolute Gasteiger partial charge is 0.370 e. The van der Waals surface area contributed by atoms with Gasteiger partial charge in [0.05, 0.1) is 0 Å². The molecule has 0 saturated carbocycles. The Hall–Kier alpha value is -0.670. The third-order valence-corrected chi connectivity index (χ3v) is 4.28. The van der Waals surface area contributed by atoms with E-state index in [0.29, 0.717) is 12.6 Å². The number of anilines is 1. The smallest absolute Gasteiger partial charge is 0.0417 e. The van der Waals surface area contributed by atoms with Gasteiger partial charge in [0.1, 0.15) is 0 Å². The monoisotopic (exact) mass is 266 g/mol. The van der Waals surface area contributed by atoms with Gasteiger partial charge in [0.2, 0.25) is 0 Å². The molecule has 0 radical (unpaired) electrons. The Kier molecular flexibility index (Phi) is 6.58. The zero-order chi connectivity index (χ0) is 13.5. The lowest BCUT2D eigenvalue weighted by Crippen LogP contribution is -2.38. The first-order valence-corrected chi connectivity index (χ1v) is 7.83. The van der Waals surface area contributed by atoms with Gasteiger partial charge >= 0.3 is 0 Å². The van der Waals surface area contributed by atoms with Crippen molar-refractivity contribution in [3.63, 3.8) is 0 Å². The van der Waals surface area contributed by atoms with Crippen molar-refractivity contribution in [2.45, 2.75) is 33.2 Å². The van der Waals surface area contributed by atoms with Crippen LogP contribution in [0.1, 0.15) is 24.5 Å². The Bertz CT molecular complexity index is 366. The topological polar surface area (TPSA) is 29.3 Å². The summed E-state index contributed by atoms with van der Waals surface area (Å²) in [5.74, 6) is 2.37. The van der Waals surface area contributed by atoms with Crippen LogP contribution in [-0.4, -0.2) is 31.1 Å². The van der Waals surface area contributed by atoms with Crippen LogP contribution in [0.4, 0.5) is 5.69 Å². The molecule has 0 fully saturated rings. The molecule has 0 heterocycles. The van der Waals surface area contributed by atoms with Crippen LogP contribution < -0.4 is 10.6 Å². The molecule has 2 N–H and O–H groups in total. The number of nitrogens with two attached hydrogens (primary N) is 1. The molecular weight excluding hydrogens is 240 g/mol. The molecule has 1 aromatic carbocycles. The number of rotatable bonds is 7. The van der Waals surface area contributed by atoms with Crippen LogP contribution in [0.3, 0.4) is 0 Å². The van der Waals surface area contributed by atoms with Crippen molar-refractivity contribution in [1.82, 2.24) is 0 Å². The van der Waals surface area contributed by atoms with Crippen molar-refractivity contribution in [2.75, 3.05) is 30.0 Å². The van der Waals surface area contributed by atoms with E-state index in [-0.39, 0.29) is 0 Å². The average Bonchev–Trinajstić information content (AvgIpc) is 2.34. The van der Waals surface area contributed by atoms with Gasteiger partial charge in [0.25, 0.3) is 0 Å². The van der Waals surface area contributed by atoms with Crippen LogP contribution >= 0.6 is 11.8 Å². The molecule has 0 amide bonds. The zero-order valence-electron chi connectivity index (χ0n) is 12.1. The van der Waals surface area contributed by atoms with Gasteiger partial charge in [0.15, 0.2) is 0 Å². The minimum Gasteiger partial charge on any atom is -0.370 e. The van der Waals surface area contributed by atoms with Gasteiger partial charge in [-0.15, -0.1) is 0 Å². The lowest BCUT2D eigenvalue weighted by atomic mass is 10.1. The molecule has 0 saturated heterocycles. The van der Waals surface area contributed by atoms with Crippen molar-refractivity contribution >= 4 is 17.4 Å². The molecule has 1 rings (SSSR count). The van der Waals surface area contributed by atoms with E-state index in [4.69, 9.17) is 5.73 Å². The van der Waals surface area contributed by atoms with Crippen LogP contribution in [0, 0.1) is 13.8 Å². The molecule has 3 heteroatoms. The van der Waals surface area contributed by atoms with Gasteiger partial charge in [-0.05, 0) is 43.4 Å². The number of thioether (sulfide) groups is 1. The second-order valence-corrected chi connectivity index (χ2v) is 6.17.